The number of nitrogens with zero attached hydrogens (tertiary/aromatic N) is 3. The van der Waals surface area contributed by atoms with Crippen molar-refractivity contribution in [2.75, 3.05) is 13.4 Å². The van der Waals surface area contributed by atoms with Gasteiger partial charge in [-0.05, 0) is 24.5 Å². The minimum atomic E-state index is -0.0938. The number of aromatic nitrogens is 3. The summed E-state index contributed by atoms with van der Waals surface area (Å²) in [6, 6.07) is 9.02. The van der Waals surface area contributed by atoms with Crippen molar-refractivity contribution in [2.24, 2.45) is 7.05 Å². The van der Waals surface area contributed by atoms with Crippen molar-refractivity contribution >= 4 is 28.6 Å². The van der Waals surface area contributed by atoms with Gasteiger partial charge in [-0.25, -0.2) is 9.97 Å². The molecule has 2 aromatic heterocycles. The lowest BCUT2D eigenvalue weighted by molar-refractivity contribution is 0.102. The third-order valence-corrected chi connectivity index (χ3v) is 4.07. The van der Waals surface area contributed by atoms with E-state index in [2.05, 4.69) is 9.97 Å². The SMILES string of the molecule is COc1ccccc1C(=O)c1cc2cnc(SC)nc2n1C. The molecule has 0 unspecified atom stereocenters. The number of thioether (sulfide) groups is 1. The van der Waals surface area contributed by atoms with Crippen LogP contribution < -0.4 is 4.74 Å². The highest BCUT2D eigenvalue weighted by molar-refractivity contribution is 7.98. The first-order valence-electron chi connectivity index (χ1n) is 6.70. The molecule has 0 bridgehead atoms. The summed E-state index contributed by atoms with van der Waals surface area (Å²) in [6.07, 6.45) is 3.66. The Morgan fingerprint density at radius 1 is 1.32 bits per heavy atom. The molecule has 3 aromatic rings. The van der Waals surface area contributed by atoms with E-state index in [0.717, 1.165) is 11.0 Å². The van der Waals surface area contributed by atoms with Gasteiger partial charge in [0.05, 0.1) is 18.4 Å². The average molecular weight is 313 g/mol. The van der Waals surface area contributed by atoms with Crippen LogP contribution >= 0.6 is 11.8 Å². The van der Waals surface area contributed by atoms with Gasteiger partial charge < -0.3 is 9.30 Å². The van der Waals surface area contributed by atoms with Crippen molar-refractivity contribution in [1.29, 1.82) is 0 Å². The molecule has 6 heteroatoms. The maximum atomic E-state index is 12.8. The Balaban J connectivity index is 2.13. The van der Waals surface area contributed by atoms with E-state index in [1.54, 1.807) is 30.0 Å². The van der Waals surface area contributed by atoms with Crippen molar-refractivity contribution in [1.82, 2.24) is 14.5 Å². The van der Waals surface area contributed by atoms with Gasteiger partial charge in [-0.1, -0.05) is 23.9 Å². The second kappa shape index (κ2) is 5.81. The Labute approximate surface area is 132 Å². The van der Waals surface area contributed by atoms with Crippen molar-refractivity contribution in [3.05, 3.63) is 47.8 Å². The maximum Gasteiger partial charge on any atom is 0.213 e. The highest BCUT2D eigenvalue weighted by Crippen LogP contribution is 2.25. The molecule has 5 nitrogen and oxygen atoms in total. The number of rotatable bonds is 4. The van der Waals surface area contributed by atoms with Gasteiger partial charge in [0.15, 0.2) is 5.16 Å². The number of benzene rings is 1. The summed E-state index contributed by atoms with van der Waals surface area (Å²) in [5.41, 5.74) is 1.85. The number of carbonyl (C=O) groups is 1. The standard InChI is InChI=1S/C16H15N3O2S/c1-19-12(8-10-9-17-16(22-3)18-15(10)19)14(20)11-6-4-5-7-13(11)21-2/h4-9H,1-3H3. The largest absolute Gasteiger partial charge is 0.496 e. The van der Waals surface area contributed by atoms with Gasteiger partial charge >= 0.3 is 0 Å². The average Bonchev–Trinajstić information content (AvgIpc) is 2.90. The highest BCUT2D eigenvalue weighted by Gasteiger charge is 2.19. The Kier molecular flexibility index (Phi) is 3.85. The molecule has 3 rings (SSSR count). The minimum Gasteiger partial charge on any atom is -0.496 e. The highest BCUT2D eigenvalue weighted by atomic mass is 32.2. The fourth-order valence-electron chi connectivity index (χ4n) is 2.38. The summed E-state index contributed by atoms with van der Waals surface area (Å²) < 4.78 is 7.07. The van der Waals surface area contributed by atoms with E-state index in [-0.39, 0.29) is 5.78 Å². The quantitative estimate of drug-likeness (QED) is 0.421. The van der Waals surface area contributed by atoms with Gasteiger partial charge in [-0.3, -0.25) is 4.79 Å². The van der Waals surface area contributed by atoms with Crippen molar-refractivity contribution in [3.63, 3.8) is 0 Å². The fourth-order valence-corrected chi connectivity index (χ4v) is 2.72. The maximum absolute atomic E-state index is 12.8. The molecule has 0 aliphatic rings. The summed E-state index contributed by atoms with van der Waals surface area (Å²) in [4.78, 5) is 21.5. The zero-order chi connectivity index (χ0) is 15.7. The van der Waals surface area contributed by atoms with Crippen LogP contribution in [-0.4, -0.2) is 33.7 Å². The Bertz CT molecular complexity index is 858. The van der Waals surface area contributed by atoms with Crippen molar-refractivity contribution in [3.8, 4) is 5.75 Å². The Morgan fingerprint density at radius 3 is 2.82 bits per heavy atom. The lowest BCUT2D eigenvalue weighted by Gasteiger charge is -2.08. The van der Waals surface area contributed by atoms with E-state index in [0.29, 0.717) is 22.2 Å². The first kappa shape index (κ1) is 14.6. The van der Waals surface area contributed by atoms with Gasteiger partial charge in [0.25, 0.3) is 0 Å². The molecule has 0 saturated heterocycles. The molecule has 2 heterocycles. The van der Waals surface area contributed by atoms with Crippen molar-refractivity contribution < 1.29 is 9.53 Å². The van der Waals surface area contributed by atoms with Crippen LogP contribution in [0.25, 0.3) is 11.0 Å². The predicted molar refractivity (Wildman–Crippen MR) is 86.7 cm³/mol. The molecule has 0 aliphatic heterocycles. The molecular weight excluding hydrogens is 298 g/mol. The van der Waals surface area contributed by atoms with Gasteiger partial charge in [-0.2, -0.15) is 0 Å². The van der Waals surface area contributed by atoms with Gasteiger partial charge in [0.2, 0.25) is 5.78 Å². The lowest BCUT2D eigenvalue weighted by atomic mass is 10.1. The summed E-state index contributed by atoms with van der Waals surface area (Å²) >= 11 is 1.47. The van der Waals surface area contributed by atoms with E-state index in [1.807, 2.05) is 31.5 Å². The summed E-state index contributed by atoms with van der Waals surface area (Å²) in [5.74, 6) is 0.470. The van der Waals surface area contributed by atoms with Crippen LogP contribution in [0, 0.1) is 0 Å². The molecule has 0 amide bonds. The van der Waals surface area contributed by atoms with E-state index >= 15 is 0 Å². The summed E-state index contributed by atoms with van der Waals surface area (Å²) in [7, 11) is 3.39. The molecule has 22 heavy (non-hydrogen) atoms. The second-order valence-corrected chi connectivity index (χ2v) is 5.53. The number of ketones is 1. The molecule has 0 radical (unpaired) electrons. The number of hydrogen-bond donors (Lipinski definition) is 0. The molecule has 1 aromatic carbocycles. The van der Waals surface area contributed by atoms with Crippen LogP contribution in [0.5, 0.6) is 5.75 Å². The van der Waals surface area contributed by atoms with E-state index in [9.17, 15) is 4.79 Å². The third-order valence-electron chi connectivity index (χ3n) is 3.51. The molecule has 112 valence electrons. The third kappa shape index (κ3) is 2.35. The fraction of sp³-hybridized carbons (Fsp3) is 0.188. The first-order valence-corrected chi connectivity index (χ1v) is 7.92. The van der Waals surface area contributed by atoms with Crippen LogP contribution in [0.15, 0.2) is 41.7 Å². The van der Waals surface area contributed by atoms with Crippen molar-refractivity contribution in [2.45, 2.75) is 5.16 Å². The van der Waals surface area contributed by atoms with E-state index in [4.69, 9.17) is 4.74 Å². The van der Waals surface area contributed by atoms with Crippen LogP contribution in [0.2, 0.25) is 0 Å². The van der Waals surface area contributed by atoms with Gasteiger partial charge in [0, 0.05) is 18.6 Å². The van der Waals surface area contributed by atoms with Crippen LogP contribution in [0.4, 0.5) is 0 Å². The number of para-hydroxylation sites is 1. The molecule has 0 atom stereocenters. The molecule has 0 N–H and O–H groups in total. The molecular formula is C16H15N3O2S. The van der Waals surface area contributed by atoms with Crippen LogP contribution in [0.1, 0.15) is 16.1 Å². The van der Waals surface area contributed by atoms with Gasteiger partial charge in [-0.15, -0.1) is 0 Å². The Hall–Kier alpha value is -2.34. The minimum absolute atomic E-state index is 0.0938. The number of fused-ring (bicyclic) bond motifs is 1. The monoisotopic (exact) mass is 313 g/mol. The number of hydrogen-bond acceptors (Lipinski definition) is 5. The molecule has 0 aliphatic carbocycles. The summed E-state index contributed by atoms with van der Waals surface area (Å²) in [6.45, 7) is 0. The number of methoxy groups -OCH3 is 1. The van der Waals surface area contributed by atoms with E-state index < -0.39 is 0 Å². The zero-order valence-corrected chi connectivity index (χ0v) is 13.3. The lowest BCUT2D eigenvalue weighted by Crippen LogP contribution is -2.09. The molecule has 0 fully saturated rings. The first-order chi connectivity index (χ1) is 10.7. The van der Waals surface area contributed by atoms with Crippen LogP contribution in [0.3, 0.4) is 0 Å². The van der Waals surface area contributed by atoms with Crippen LogP contribution in [-0.2, 0) is 7.05 Å². The number of carbonyl (C=O) groups excluding carboxylic acids is 1. The topological polar surface area (TPSA) is 57.0 Å². The Morgan fingerprint density at radius 2 is 2.09 bits per heavy atom. The molecule has 0 saturated carbocycles. The second-order valence-electron chi connectivity index (χ2n) is 4.75. The number of aryl methyl sites for hydroxylation is 1. The molecule has 0 spiro atoms. The van der Waals surface area contributed by atoms with E-state index in [1.165, 1.54) is 11.8 Å². The smallest absolute Gasteiger partial charge is 0.213 e. The number of ether oxygens (including phenoxy) is 1. The zero-order valence-electron chi connectivity index (χ0n) is 12.5. The normalized spacial score (nSPS) is 10.9. The summed E-state index contributed by atoms with van der Waals surface area (Å²) in [5, 5.41) is 1.53. The predicted octanol–water partition coefficient (Wildman–Crippen LogP) is 2.93. The van der Waals surface area contributed by atoms with Gasteiger partial charge in [0.1, 0.15) is 11.4 Å².